The van der Waals surface area contributed by atoms with Crippen LogP contribution in [0.3, 0.4) is 0 Å². The third-order valence-electron chi connectivity index (χ3n) is 2.66. The molecule has 0 bridgehead atoms. The Balaban J connectivity index is 0.000000711. The molecule has 1 aliphatic rings. The summed E-state index contributed by atoms with van der Waals surface area (Å²) in [7, 11) is 0. The summed E-state index contributed by atoms with van der Waals surface area (Å²) < 4.78 is 22.5. The lowest BCUT2D eigenvalue weighted by Crippen LogP contribution is -2.54. The molecule has 1 rings (SSSR count). The van der Waals surface area contributed by atoms with Gasteiger partial charge in [0.1, 0.15) is 6.10 Å². The highest BCUT2D eigenvalue weighted by molar-refractivity contribution is 4.76. The largest absolute Gasteiger partial charge is 0.370 e. The molecule has 1 heterocycles. The summed E-state index contributed by atoms with van der Waals surface area (Å²) in [6.07, 6.45) is 2.90. The van der Waals surface area contributed by atoms with E-state index in [9.17, 15) is 0 Å². The maximum atomic E-state index is 5.64. The first-order chi connectivity index (χ1) is 9.20. The number of rotatable bonds is 7. The zero-order chi connectivity index (χ0) is 14.6. The lowest BCUT2D eigenvalue weighted by atomic mass is 10.1. The molecule has 0 aromatic rings. The Hall–Kier alpha value is -0.200. The third kappa shape index (κ3) is 6.68. The number of nitrogens with two attached hydrogens (primary N) is 1. The van der Waals surface area contributed by atoms with Crippen molar-refractivity contribution in [3.05, 3.63) is 0 Å². The summed E-state index contributed by atoms with van der Waals surface area (Å²) in [6, 6.07) is 0. The van der Waals surface area contributed by atoms with Crippen LogP contribution in [0.2, 0.25) is 0 Å². The lowest BCUT2D eigenvalue weighted by Gasteiger charge is -2.41. The fraction of sp³-hybridized carbons (Fsp3) is 1.00. The maximum absolute atomic E-state index is 5.64. The van der Waals surface area contributed by atoms with Gasteiger partial charge in [0.05, 0.1) is 6.61 Å². The van der Waals surface area contributed by atoms with Crippen LogP contribution in [0.25, 0.3) is 0 Å². The smallest absolute Gasteiger partial charge is 0.310 e. The van der Waals surface area contributed by atoms with Crippen molar-refractivity contribution in [2.75, 3.05) is 33.0 Å². The van der Waals surface area contributed by atoms with Crippen molar-refractivity contribution in [3.63, 3.8) is 0 Å². The molecule has 0 saturated carbocycles. The summed E-state index contributed by atoms with van der Waals surface area (Å²) in [6.45, 7) is 11.1. The van der Waals surface area contributed by atoms with Gasteiger partial charge in [-0.1, -0.05) is 6.92 Å². The monoisotopic (exact) mass is 277 g/mol. The van der Waals surface area contributed by atoms with E-state index in [0.717, 1.165) is 25.8 Å². The van der Waals surface area contributed by atoms with E-state index in [1.807, 2.05) is 20.8 Å². The van der Waals surface area contributed by atoms with Crippen molar-refractivity contribution in [2.24, 2.45) is 5.73 Å². The highest BCUT2D eigenvalue weighted by atomic mass is 16.9. The molecule has 0 amide bonds. The average Bonchev–Trinajstić information content (AvgIpc) is 2.43. The molecule has 0 aliphatic carbocycles. The van der Waals surface area contributed by atoms with Gasteiger partial charge >= 0.3 is 5.97 Å². The normalized spacial score (nSPS) is 21.6. The molecule has 0 aromatic heterocycles. The standard InChI is InChI=1S/C11H22O4.C3H9N/c1-4-12-10-8-7-9-15-11(10,13-5-2)14-6-3;1-2-3-4/h10H,4-9H2,1-3H3;2-4H2,1H3. The number of hydrogen-bond donors (Lipinski definition) is 1. The van der Waals surface area contributed by atoms with Gasteiger partial charge in [-0.2, -0.15) is 0 Å². The fourth-order valence-corrected chi connectivity index (χ4v) is 1.85. The van der Waals surface area contributed by atoms with Crippen LogP contribution in [-0.2, 0) is 18.9 Å². The van der Waals surface area contributed by atoms with Gasteiger partial charge in [-0.25, -0.2) is 0 Å². The molecule has 0 aromatic carbocycles. The van der Waals surface area contributed by atoms with Crippen LogP contribution in [-0.4, -0.2) is 45.0 Å². The van der Waals surface area contributed by atoms with E-state index < -0.39 is 5.97 Å². The molecule has 1 unspecified atom stereocenters. The molecular weight excluding hydrogens is 246 g/mol. The summed E-state index contributed by atoms with van der Waals surface area (Å²) in [5, 5.41) is 0. The zero-order valence-corrected chi connectivity index (χ0v) is 12.9. The predicted octanol–water partition coefficient (Wildman–Crippen LogP) is 2.28. The van der Waals surface area contributed by atoms with Gasteiger partial charge < -0.3 is 24.7 Å². The van der Waals surface area contributed by atoms with Crippen molar-refractivity contribution >= 4 is 0 Å². The van der Waals surface area contributed by atoms with Crippen LogP contribution in [0.15, 0.2) is 0 Å². The molecule has 116 valence electrons. The van der Waals surface area contributed by atoms with E-state index >= 15 is 0 Å². The summed E-state index contributed by atoms with van der Waals surface area (Å²) in [4.78, 5) is 0. The van der Waals surface area contributed by atoms with Gasteiger partial charge in [0.15, 0.2) is 0 Å². The van der Waals surface area contributed by atoms with E-state index in [4.69, 9.17) is 24.7 Å². The zero-order valence-electron chi connectivity index (χ0n) is 12.9. The Kier molecular flexibility index (Phi) is 11.5. The van der Waals surface area contributed by atoms with Gasteiger partial charge in [-0.3, -0.25) is 0 Å². The summed E-state index contributed by atoms with van der Waals surface area (Å²) >= 11 is 0. The van der Waals surface area contributed by atoms with Gasteiger partial charge in [-0.05, 0) is 46.6 Å². The fourth-order valence-electron chi connectivity index (χ4n) is 1.85. The Morgan fingerprint density at radius 2 is 1.68 bits per heavy atom. The van der Waals surface area contributed by atoms with E-state index in [2.05, 4.69) is 6.92 Å². The van der Waals surface area contributed by atoms with E-state index in [1.54, 1.807) is 0 Å². The third-order valence-corrected chi connectivity index (χ3v) is 2.66. The minimum absolute atomic E-state index is 0.115. The van der Waals surface area contributed by atoms with E-state index in [-0.39, 0.29) is 6.10 Å². The first-order valence-corrected chi connectivity index (χ1v) is 7.44. The minimum atomic E-state index is -0.974. The Bertz CT molecular complexity index is 186. The van der Waals surface area contributed by atoms with Gasteiger partial charge in [0.25, 0.3) is 0 Å². The second-order valence-corrected chi connectivity index (χ2v) is 4.19. The Morgan fingerprint density at radius 3 is 2.11 bits per heavy atom. The molecule has 5 heteroatoms. The highest BCUT2D eigenvalue weighted by Crippen LogP contribution is 2.30. The van der Waals surface area contributed by atoms with Crippen LogP contribution < -0.4 is 5.73 Å². The topological polar surface area (TPSA) is 62.9 Å². The van der Waals surface area contributed by atoms with Crippen molar-refractivity contribution < 1.29 is 18.9 Å². The van der Waals surface area contributed by atoms with Crippen LogP contribution in [0.4, 0.5) is 0 Å². The van der Waals surface area contributed by atoms with E-state index in [0.29, 0.717) is 26.4 Å². The Labute approximate surface area is 117 Å². The molecule has 1 saturated heterocycles. The summed E-state index contributed by atoms with van der Waals surface area (Å²) in [5.74, 6) is -0.974. The minimum Gasteiger partial charge on any atom is -0.370 e. The molecular formula is C14H31NO4. The molecule has 2 N–H and O–H groups in total. The first-order valence-electron chi connectivity index (χ1n) is 7.44. The highest BCUT2D eigenvalue weighted by Gasteiger charge is 2.45. The predicted molar refractivity (Wildman–Crippen MR) is 75.9 cm³/mol. The van der Waals surface area contributed by atoms with Crippen LogP contribution in [0.1, 0.15) is 47.0 Å². The van der Waals surface area contributed by atoms with E-state index in [1.165, 1.54) is 0 Å². The first kappa shape index (κ1) is 18.8. The quantitative estimate of drug-likeness (QED) is 0.723. The lowest BCUT2D eigenvalue weighted by molar-refractivity contribution is -0.426. The second-order valence-electron chi connectivity index (χ2n) is 4.19. The molecule has 19 heavy (non-hydrogen) atoms. The van der Waals surface area contributed by atoms with Crippen molar-refractivity contribution in [2.45, 2.75) is 59.0 Å². The van der Waals surface area contributed by atoms with Gasteiger partial charge in [0, 0.05) is 19.8 Å². The van der Waals surface area contributed by atoms with Gasteiger partial charge in [-0.15, -0.1) is 0 Å². The van der Waals surface area contributed by atoms with Crippen molar-refractivity contribution in [1.29, 1.82) is 0 Å². The molecule has 0 radical (unpaired) electrons. The molecule has 0 spiro atoms. The summed E-state index contributed by atoms with van der Waals surface area (Å²) in [5.41, 5.74) is 5.03. The van der Waals surface area contributed by atoms with Gasteiger partial charge in [0.2, 0.25) is 0 Å². The molecule has 1 atom stereocenters. The number of hydrogen-bond acceptors (Lipinski definition) is 5. The number of ether oxygens (including phenoxy) is 4. The van der Waals surface area contributed by atoms with Crippen LogP contribution in [0.5, 0.6) is 0 Å². The second kappa shape index (κ2) is 11.6. The van der Waals surface area contributed by atoms with Crippen molar-refractivity contribution in [1.82, 2.24) is 0 Å². The molecule has 1 aliphatic heterocycles. The molecule has 5 nitrogen and oxygen atoms in total. The average molecular weight is 277 g/mol. The van der Waals surface area contributed by atoms with Crippen molar-refractivity contribution in [3.8, 4) is 0 Å². The van der Waals surface area contributed by atoms with Crippen LogP contribution >= 0.6 is 0 Å². The maximum Gasteiger partial charge on any atom is 0.310 e. The van der Waals surface area contributed by atoms with Crippen LogP contribution in [0, 0.1) is 0 Å². The SMILES string of the molecule is CCCN.CCOC1CCCOC1(OCC)OCC. The molecule has 1 fully saturated rings. The Morgan fingerprint density at radius 1 is 1.11 bits per heavy atom.